The Hall–Kier alpha value is -1.35. The molecule has 0 saturated carbocycles. The van der Waals surface area contributed by atoms with Gasteiger partial charge in [-0.05, 0) is 32.8 Å². The van der Waals surface area contributed by atoms with Gasteiger partial charge >= 0.3 is 5.97 Å². The predicted molar refractivity (Wildman–Crippen MR) is 69.2 cm³/mol. The maximum atomic E-state index is 10.7. The topological polar surface area (TPSA) is 40.5 Å². The molecule has 0 atom stereocenters. The predicted octanol–water partition coefficient (Wildman–Crippen LogP) is 2.33. The highest BCUT2D eigenvalue weighted by Gasteiger charge is 2.12. The second-order valence-corrected chi connectivity index (χ2v) is 4.70. The quantitative estimate of drug-likeness (QED) is 0.822. The van der Waals surface area contributed by atoms with Crippen molar-refractivity contribution in [3.63, 3.8) is 0 Å². The van der Waals surface area contributed by atoms with Crippen LogP contribution in [0.5, 0.6) is 0 Å². The molecule has 0 radical (unpaired) electrons. The molecule has 0 amide bonds. The molecule has 1 aromatic carbocycles. The average molecular weight is 235 g/mol. The number of carbonyl (C=O) groups is 1. The van der Waals surface area contributed by atoms with E-state index in [0.717, 1.165) is 13.0 Å². The minimum absolute atomic E-state index is 0.115. The average Bonchev–Trinajstić information content (AvgIpc) is 2.23. The van der Waals surface area contributed by atoms with Gasteiger partial charge in [-0.3, -0.25) is 9.69 Å². The van der Waals surface area contributed by atoms with Crippen LogP contribution in [-0.2, 0) is 11.2 Å². The normalized spacial score (nSPS) is 11.1. The lowest BCUT2D eigenvalue weighted by atomic mass is 10.1. The van der Waals surface area contributed by atoms with E-state index in [-0.39, 0.29) is 12.6 Å². The zero-order chi connectivity index (χ0) is 12.8. The number of aryl methyl sites for hydroxylation is 1. The zero-order valence-electron chi connectivity index (χ0n) is 10.8. The highest BCUT2D eigenvalue weighted by Crippen LogP contribution is 2.07. The lowest BCUT2D eigenvalue weighted by molar-refractivity contribution is -0.138. The van der Waals surface area contributed by atoms with Gasteiger partial charge in [0, 0.05) is 12.6 Å². The number of rotatable bonds is 6. The first kappa shape index (κ1) is 13.7. The summed E-state index contributed by atoms with van der Waals surface area (Å²) in [5.41, 5.74) is 2.51. The molecular formula is C14H21NO2. The van der Waals surface area contributed by atoms with Gasteiger partial charge in [-0.25, -0.2) is 0 Å². The molecule has 0 aliphatic heterocycles. The van der Waals surface area contributed by atoms with Gasteiger partial charge in [0.1, 0.15) is 0 Å². The van der Waals surface area contributed by atoms with Gasteiger partial charge < -0.3 is 5.11 Å². The summed E-state index contributed by atoms with van der Waals surface area (Å²) in [7, 11) is 0. The van der Waals surface area contributed by atoms with Gasteiger partial charge in [0.15, 0.2) is 0 Å². The Morgan fingerprint density at radius 1 is 1.41 bits per heavy atom. The summed E-state index contributed by atoms with van der Waals surface area (Å²) < 4.78 is 0. The molecule has 1 aromatic rings. The summed E-state index contributed by atoms with van der Waals surface area (Å²) in [5, 5.41) is 8.83. The van der Waals surface area contributed by atoms with Crippen LogP contribution in [0.1, 0.15) is 25.0 Å². The first-order chi connectivity index (χ1) is 7.99. The van der Waals surface area contributed by atoms with Crippen LogP contribution < -0.4 is 0 Å². The largest absolute Gasteiger partial charge is 0.480 e. The van der Waals surface area contributed by atoms with E-state index in [9.17, 15) is 4.79 Å². The SMILES string of the molecule is Cc1cccc(CCN(CC(=O)O)C(C)C)c1. The number of hydrogen-bond donors (Lipinski definition) is 1. The van der Waals surface area contributed by atoms with Crippen LogP contribution >= 0.6 is 0 Å². The molecule has 17 heavy (non-hydrogen) atoms. The molecule has 0 heterocycles. The van der Waals surface area contributed by atoms with Crippen molar-refractivity contribution in [1.82, 2.24) is 4.90 Å². The van der Waals surface area contributed by atoms with Crippen molar-refractivity contribution in [3.05, 3.63) is 35.4 Å². The van der Waals surface area contributed by atoms with E-state index in [1.165, 1.54) is 11.1 Å². The Morgan fingerprint density at radius 2 is 2.12 bits per heavy atom. The van der Waals surface area contributed by atoms with Crippen LogP contribution in [-0.4, -0.2) is 35.1 Å². The summed E-state index contributed by atoms with van der Waals surface area (Å²) >= 11 is 0. The van der Waals surface area contributed by atoms with Crippen molar-refractivity contribution in [2.75, 3.05) is 13.1 Å². The smallest absolute Gasteiger partial charge is 0.317 e. The van der Waals surface area contributed by atoms with Crippen LogP contribution in [0.3, 0.4) is 0 Å². The standard InChI is InChI=1S/C14H21NO2/c1-11(2)15(10-14(16)17)8-7-13-6-4-5-12(3)9-13/h4-6,9,11H,7-8,10H2,1-3H3,(H,16,17). The molecule has 0 aromatic heterocycles. The van der Waals surface area contributed by atoms with Crippen molar-refractivity contribution >= 4 is 5.97 Å². The highest BCUT2D eigenvalue weighted by atomic mass is 16.4. The Bertz CT molecular complexity index is 374. The molecule has 0 aliphatic carbocycles. The van der Waals surface area contributed by atoms with E-state index in [4.69, 9.17) is 5.11 Å². The first-order valence-corrected chi connectivity index (χ1v) is 6.00. The third-order valence-corrected chi connectivity index (χ3v) is 2.84. The van der Waals surface area contributed by atoms with E-state index >= 15 is 0 Å². The van der Waals surface area contributed by atoms with Crippen molar-refractivity contribution in [2.45, 2.75) is 33.2 Å². The molecule has 3 heteroatoms. The fourth-order valence-corrected chi connectivity index (χ4v) is 1.83. The molecule has 0 aliphatic rings. The molecule has 1 rings (SSSR count). The van der Waals surface area contributed by atoms with Gasteiger partial charge in [-0.2, -0.15) is 0 Å². The zero-order valence-corrected chi connectivity index (χ0v) is 10.8. The van der Waals surface area contributed by atoms with Crippen LogP contribution in [0.25, 0.3) is 0 Å². The summed E-state index contributed by atoms with van der Waals surface area (Å²) in [6, 6.07) is 8.62. The van der Waals surface area contributed by atoms with Gasteiger partial charge in [0.25, 0.3) is 0 Å². The van der Waals surface area contributed by atoms with E-state index in [2.05, 4.69) is 25.1 Å². The molecule has 3 nitrogen and oxygen atoms in total. The molecule has 0 unspecified atom stereocenters. The molecule has 1 N–H and O–H groups in total. The van der Waals surface area contributed by atoms with Crippen molar-refractivity contribution in [2.24, 2.45) is 0 Å². The van der Waals surface area contributed by atoms with E-state index in [1.54, 1.807) is 0 Å². The fourth-order valence-electron chi connectivity index (χ4n) is 1.83. The number of nitrogens with zero attached hydrogens (tertiary/aromatic N) is 1. The second kappa shape index (κ2) is 6.40. The molecule has 94 valence electrons. The number of carboxylic acid groups (broad SMARTS) is 1. The number of hydrogen-bond acceptors (Lipinski definition) is 2. The highest BCUT2D eigenvalue weighted by molar-refractivity contribution is 5.69. The van der Waals surface area contributed by atoms with Gasteiger partial charge in [0.05, 0.1) is 6.54 Å². The van der Waals surface area contributed by atoms with Crippen LogP contribution in [0.15, 0.2) is 24.3 Å². The van der Waals surface area contributed by atoms with Crippen molar-refractivity contribution in [3.8, 4) is 0 Å². The first-order valence-electron chi connectivity index (χ1n) is 6.00. The minimum atomic E-state index is -0.761. The van der Waals surface area contributed by atoms with Gasteiger partial charge in [-0.1, -0.05) is 29.8 Å². The Labute approximate surface area is 103 Å². The monoisotopic (exact) mass is 235 g/mol. The Kier molecular flexibility index (Phi) is 5.16. The summed E-state index contributed by atoms with van der Waals surface area (Å²) in [6.45, 7) is 7.02. The van der Waals surface area contributed by atoms with Crippen LogP contribution in [0, 0.1) is 6.92 Å². The van der Waals surface area contributed by atoms with E-state index in [0.29, 0.717) is 0 Å². The van der Waals surface area contributed by atoms with E-state index < -0.39 is 5.97 Å². The minimum Gasteiger partial charge on any atom is -0.480 e. The number of carboxylic acids is 1. The third kappa shape index (κ3) is 5.00. The molecule has 0 fully saturated rings. The van der Waals surface area contributed by atoms with Crippen LogP contribution in [0.4, 0.5) is 0 Å². The Morgan fingerprint density at radius 3 is 2.65 bits per heavy atom. The number of aliphatic carboxylic acids is 1. The van der Waals surface area contributed by atoms with Gasteiger partial charge in [0.2, 0.25) is 0 Å². The number of benzene rings is 1. The summed E-state index contributed by atoms with van der Waals surface area (Å²) in [6.07, 6.45) is 0.896. The molecule has 0 spiro atoms. The fraction of sp³-hybridized carbons (Fsp3) is 0.500. The van der Waals surface area contributed by atoms with Crippen molar-refractivity contribution < 1.29 is 9.90 Å². The lowest BCUT2D eigenvalue weighted by Gasteiger charge is -2.24. The third-order valence-electron chi connectivity index (χ3n) is 2.84. The maximum Gasteiger partial charge on any atom is 0.317 e. The Balaban J connectivity index is 2.54. The van der Waals surface area contributed by atoms with Crippen molar-refractivity contribution in [1.29, 1.82) is 0 Å². The second-order valence-electron chi connectivity index (χ2n) is 4.70. The van der Waals surface area contributed by atoms with E-state index in [1.807, 2.05) is 24.8 Å². The van der Waals surface area contributed by atoms with Crippen LogP contribution in [0.2, 0.25) is 0 Å². The summed E-state index contributed by atoms with van der Waals surface area (Å²) in [4.78, 5) is 12.7. The van der Waals surface area contributed by atoms with Gasteiger partial charge in [-0.15, -0.1) is 0 Å². The molecule has 0 saturated heterocycles. The lowest BCUT2D eigenvalue weighted by Crippen LogP contribution is -2.37. The molecule has 0 bridgehead atoms. The molecular weight excluding hydrogens is 214 g/mol. The summed E-state index contributed by atoms with van der Waals surface area (Å²) in [5.74, 6) is -0.761. The maximum absolute atomic E-state index is 10.7.